The van der Waals surface area contributed by atoms with Crippen LogP contribution in [0.1, 0.15) is 51.0 Å². The standard InChI is InChI=1S/C15H17F2NO/c1-8(2)10-5-12(16)13(17)6-11(10)14-7-18-15(19-14)9(3)4/h5-9H,1-4H3. The molecule has 1 aromatic heterocycles. The molecule has 0 aliphatic rings. The van der Waals surface area contributed by atoms with Crippen LogP contribution in [0.3, 0.4) is 0 Å². The third-order valence-corrected chi connectivity index (χ3v) is 3.00. The van der Waals surface area contributed by atoms with Crippen molar-refractivity contribution >= 4 is 0 Å². The first kappa shape index (κ1) is 13.7. The Hall–Kier alpha value is -1.71. The van der Waals surface area contributed by atoms with Crippen molar-refractivity contribution in [3.05, 3.63) is 41.4 Å². The van der Waals surface area contributed by atoms with Gasteiger partial charge in [0.2, 0.25) is 0 Å². The van der Waals surface area contributed by atoms with Crippen molar-refractivity contribution in [3.8, 4) is 11.3 Å². The highest BCUT2D eigenvalue weighted by Gasteiger charge is 2.17. The van der Waals surface area contributed by atoms with Crippen LogP contribution >= 0.6 is 0 Å². The number of benzene rings is 1. The summed E-state index contributed by atoms with van der Waals surface area (Å²) < 4.78 is 32.4. The molecule has 0 aliphatic carbocycles. The van der Waals surface area contributed by atoms with Gasteiger partial charge >= 0.3 is 0 Å². The van der Waals surface area contributed by atoms with E-state index in [-0.39, 0.29) is 11.8 Å². The Morgan fingerprint density at radius 1 is 1.00 bits per heavy atom. The SMILES string of the molecule is CC(C)c1ncc(-c2cc(F)c(F)cc2C(C)C)o1. The summed E-state index contributed by atoms with van der Waals surface area (Å²) in [6, 6.07) is 2.40. The molecular formula is C15H17F2NO. The van der Waals surface area contributed by atoms with E-state index in [0.29, 0.717) is 22.8 Å². The second-order valence-electron chi connectivity index (χ2n) is 5.23. The zero-order valence-corrected chi connectivity index (χ0v) is 11.5. The molecule has 0 amide bonds. The molecule has 0 saturated heterocycles. The van der Waals surface area contributed by atoms with E-state index in [1.807, 2.05) is 27.7 Å². The minimum absolute atomic E-state index is 0.0673. The van der Waals surface area contributed by atoms with Gasteiger partial charge in [-0.25, -0.2) is 13.8 Å². The van der Waals surface area contributed by atoms with Crippen molar-refractivity contribution < 1.29 is 13.2 Å². The van der Waals surface area contributed by atoms with Crippen molar-refractivity contribution in [2.24, 2.45) is 0 Å². The molecule has 4 heteroatoms. The Morgan fingerprint density at radius 3 is 2.16 bits per heavy atom. The maximum absolute atomic E-state index is 13.4. The van der Waals surface area contributed by atoms with Crippen molar-refractivity contribution in [2.75, 3.05) is 0 Å². The molecule has 0 atom stereocenters. The lowest BCUT2D eigenvalue weighted by molar-refractivity contribution is 0.478. The van der Waals surface area contributed by atoms with Gasteiger partial charge in [-0.05, 0) is 23.6 Å². The van der Waals surface area contributed by atoms with Gasteiger partial charge in [-0.2, -0.15) is 0 Å². The fraction of sp³-hybridized carbons (Fsp3) is 0.400. The lowest BCUT2D eigenvalue weighted by atomic mass is 9.95. The minimum Gasteiger partial charge on any atom is -0.440 e. The minimum atomic E-state index is -0.873. The summed E-state index contributed by atoms with van der Waals surface area (Å²) in [4.78, 5) is 4.16. The fourth-order valence-corrected chi connectivity index (χ4v) is 1.93. The smallest absolute Gasteiger partial charge is 0.197 e. The normalized spacial score (nSPS) is 11.6. The Morgan fingerprint density at radius 2 is 1.63 bits per heavy atom. The van der Waals surface area contributed by atoms with Crippen LogP contribution in [0.15, 0.2) is 22.7 Å². The first-order valence-corrected chi connectivity index (χ1v) is 6.35. The van der Waals surface area contributed by atoms with Gasteiger partial charge in [0.05, 0.1) is 6.20 Å². The van der Waals surface area contributed by atoms with Gasteiger partial charge in [0.15, 0.2) is 23.3 Å². The maximum Gasteiger partial charge on any atom is 0.197 e. The summed E-state index contributed by atoms with van der Waals surface area (Å²) in [7, 11) is 0. The molecule has 2 nitrogen and oxygen atoms in total. The van der Waals surface area contributed by atoms with E-state index in [1.54, 1.807) is 6.20 Å². The van der Waals surface area contributed by atoms with Crippen molar-refractivity contribution in [1.29, 1.82) is 0 Å². The second-order valence-corrected chi connectivity index (χ2v) is 5.23. The Bertz CT molecular complexity index is 588. The number of hydrogen-bond acceptors (Lipinski definition) is 2. The average molecular weight is 265 g/mol. The van der Waals surface area contributed by atoms with Gasteiger partial charge in [0.1, 0.15) is 0 Å². The monoisotopic (exact) mass is 265 g/mol. The third kappa shape index (κ3) is 2.67. The summed E-state index contributed by atoms with van der Waals surface area (Å²) >= 11 is 0. The number of rotatable bonds is 3. The van der Waals surface area contributed by atoms with Crippen LogP contribution in [0.25, 0.3) is 11.3 Å². The largest absolute Gasteiger partial charge is 0.440 e. The molecule has 0 N–H and O–H groups in total. The molecule has 0 bridgehead atoms. The topological polar surface area (TPSA) is 26.0 Å². The van der Waals surface area contributed by atoms with Crippen molar-refractivity contribution in [1.82, 2.24) is 4.98 Å². The molecule has 102 valence electrons. The molecule has 1 heterocycles. The number of hydrogen-bond donors (Lipinski definition) is 0. The Labute approximate surface area is 111 Å². The molecule has 0 aliphatic heterocycles. The van der Waals surface area contributed by atoms with Gasteiger partial charge < -0.3 is 4.42 Å². The predicted molar refractivity (Wildman–Crippen MR) is 70.0 cm³/mol. The summed E-state index contributed by atoms with van der Waals surface area (Å²) in [6.45, 7) is 7.78. The number of nitrogens with zero attached hydrogens (tertiary/aromatic N) is 1. The van der Waals surface area contributed by atoms with Crippen LogP contribution in [0.5, 0.6) is 0 Å². The fourth-order valence-electron chi connectivity index (χ4n) is 1.93. The quantitative estimate of drug-likeness (QED) is 0.791. The van der Waals surface area contributed by atoms with E-state index in [0.717, 1.165) is 0 Å². The summed E-state index contributed by atoms with van der Waals surface area (Å²) in [5.41, 5.74) is 1.28. The Kier molecular flexibility index (Phi) is 3.69. The van der Waals surface area contributed by atoms with Crippen LogP contribution in [0.4, 0.5) is 8.78 Å². The van der Waals surface area contributed by atoms with E-state index in [9.17, 15) is 8.78 Å². The van der Waals surface area contributed by atoms with E-state index in [1.165, 1.54) is 12.1 Å². The lowest BCUT2D eigenvalue weighted by Gasteiger charge is -2.11. The zero-order chi connectivity index (χ0) is 14.2. The molecule has 0 fully saturated rings. The van der Waals surface area contributed by atoms with Crippen LogP contribution in [0, 0.1) is 11.6 Å². The number of oxazole rings is 1. The molecule has 2 rings (SSSR count). The number of aromatic nitrogens is 1. The molecule has 0 saturated carbocycles. The van der Waals surface area contributed by atoms with Crippen molar-refractivity contribution in [3.63, 3.8) is 0 Å². The molecule has 1 aromatic carbocycles. The van der Waals surface area contributed by atoms with Gasteiger partial charge in [-0.1, -0.05) is 27.7 Å². The lowest BCUT2D eigenvalue weighted by Crippen LogP contribution is -1.96. The highest BCUT2D eigenvalue weighted by molar-refractivity contribution is 5.62. The highest BCUT2D eigenvalue weighted by Crippen LogP contribution is 2.32. The molecule has 0 spiro atoms. The second kappa shape index (κ2) is 5.11. The van der Waals surface area contributed by atoms with Crippen LogP contribution in [0.2, 0.25) is 0 Å². The Balaban J connectivity index is 2.56. The molecule has 19 heavy (non-hydrogen) atoms. The van der Waals surface area contributed by atoms with Crippen LogP contribution in [-0.4, -0.2) is 4.98 Å². The average Bonchev–Trinajstić information content (AvgIpc) is 2.81. The van der Waals surface area contributed by atoms with E-state index in [4.69, 9.17) is 4.42 Å². The first-order valence-electron chi connectivity index (χ1n) is 6.35. The van der Waals surface area contributed by atoms with E-state index >= 15 is 0 Å². The number of halogens is 2. The highest BCUT2D eigenvalue weighted by atomic mass is 19.2. The van der Waals surface area contributed by atoms with Crippen LogP contribution < -0.4 is 0 Å². The van der Waals surface area contributed by atoms with Gasteiger partial charge in [0.25, 0.3) is 0 Å². The van der Waals surface area contributed by atoms with E-state index < -0.39 is 11.6 Å². The van der Waals surface area contributed by atoms with Crippen molar-refractivity contribution in [2.45, 2.75) is 39.5 Å². The molecule has 2 aromatic rings. The van der Waals surface area contributed by atoms with E-state index in [2.05, 4.69) is 4.98 Å². The van der Waals surface area contributed by atoms with Gasteiger partial charge in [-0.15, -0.1) is 0 Å². The van der Waals surface area contributed by atoms with Gasteiger partial charge in [-0.3, -0.25) is 0 Å². The summed E-state index contributed by atoms with van der Waals surface area (Å²) in [6.07, 6.45) is 1.56. The first-order chi connectivity index (χ1) is 8.90. The van der Waals surface area contributed by atoms with Crippen LogP contribution in [-0.2, 0) is 0 Å². The van der Waals surface area contributed by atoms with Gasteiger partial charge in [0, 0.05) is 11.5 Å². The zero-order valence-electron chi connectivity index (χ0n) is 11.5. The maximum atomic E-state index is 13.4. The summed E-state index contributed by atoms with van der Waals surface area (Å²) in [5.74, 6) is -0.419. The third-order valence-electron chi connectivity index (χ3n) is 3.00. The predicted octanol–water partition coefficient (Wildman–Crippen LogP) is 4.87. The summed E-state index contributed by atoms with van der Waals surface area (Å²) in [5, 5.41) is 0. The molecule has 0 unspecified atom stereocenters. The molecular weight excluding hydrogens is 248 g/mol. The molecule has 0 radical (unpaired) electrons.